The van der Waals surface area contributed by atoms with Crippen LogP contribution in [0.4, 0.5) is 0 Å². The second-order valence-electron chi connectivity index (χ2n) is 9.06. The predicted molar refractivity (Wildman–Crippen MR) is 121 cm³/mol. The van der Waals surface area contributed by atoms with Gasteiger partial charge in [0.2, 0.25) is 0 Å². The van der Waals surface area contributed by atoms with E-state index in [2.05, 4.69) is 12.2 Å². The van der Waals surface area contributed by atoms with Crippen molar-refractivity contribution in [2.75, 3.05) is 13.2 Å². The maximum atomic E-state index is 12.4. The first-order valence-corrected chi connectivity index (χ1v) is 11.7. The van der Waals surface area contributed by atoms with E-state index in [1.54, 1.807) is 6.92 Å². The molecule has 5 nitrogen and oxygen atoms in total. The van der Waals surface area contributed by atoms with Crippen molar-refractivity contribution in [3.05, 3.63) is 12.2 Å². The highest BCUT2D eigenvalue weighted by Crippen LogP contribution is 2.17. The highest BCUT2D eigenvalue weighted by molar-refractivity contribution is 5.80. The van der Waals surface area contributed by atoms with Gasteiger partial charge in [-0.05, 0) is 57.3 Å². The van der Waals surface area contributed by atoms with Crippen LogP contribution in [0.2, 0.25) is 0 Å². The van der Waals surface area contributed by atoms with E-state index >= 15 is 0 Å². The third-order valence-electron chi connectivity index (χ3n) is 4.62. The smallest absolute Gasteiger partial charge is 0.309 e. The number of rotatable bonds is 18. The minimum atomic E-state index is -0.432. The van der Waals surface area contributed by atoms with Crippen molar-refractivity contribution in [3.8, 4) is 0 Å². The van der Waals surface area contributed by atoms with Gasteiger partial charge in [0, 0.05) is 6.42 Å². The summed E-state index contributed by atoms with van der Waals surface area (Å²) in [4.78, 5) is 35.3. The zero-order valence-corrected chi connectivity index (χ0v) is 19.9. The zero-order valence-electron chi connectivity index (χ0n) is 19.9. The fraction of sp³-hybridized carbons (Fsp3) is 0.800. The number of allylic oxidation sites excluding steroid dienone is 2. The molecule has 0 aromatic heterocycles. The molecule has 0 radical (unpaired) electrons. The van der Waals surface area contributed by atoms with Gasteiger partial charge in [-0.25, -0.2) is 0 Å². The number of unbranched alkanes of at least 4 members (excludes halogenated alkanes) is 5. The zero-order chi connectivity index (χ0) is 22.8. The lowest BCUT2D eigenvalue weighted by atomic mass is 9.98. The largest absolute Gasteiger partial charge is 0.465 e. The fourth-order valence-electron chi connectivity index (χ4n) is 2.90. The van der Waals surface area contributed by atoms with Crippen LogP contribution in [-0.2, 0) is 23.9 Å². The molecule has 0 amide bonds. The summed E-state index contributed by atoms with van der Waals surface area (Å²) >= 11 is 0. The Morgan fingerprint density at radius 2 is 1.33 bits per heavy atom. The Kier molecular flexibility index (Phi) is 17.1. The standard InChI is InChI=1S/C25H44O5/c1-20(2)18-29-24(27)17-23(25(28)30-19-21(3)4)16-14-12-10-8-6-7-9-11-13-15-22(5)26/h8,10,20-21,23H,6-7,9,11-19H2,1-5H3/b10-8+. The van der Waals surface area contributed by atoms with Crippen LogP contribution in [0.1, 0.15) is 98.8 Å². The average molecular weight is 425 g/mol. The first kappa shape index (κ1) is 28.4. The van der Waals surface area contributed by atoms with Crippen molar-refractivity contribution in [2.24, 2.45) is 17.8 Å². The van der Waals surface area contributed by atoms with Gasteiger partial charge in [-0.15, -0.1) is 0 Å². The van der Waals surface area contributed by atoms with E-state index in [4.69, 9.17) is 9.47 Å². The summed E-state index contributed by atoms with van der Waals surface area (Å²) in [5.41, 5.74) is 0. The lowest BCUT2D eigenvalue weighted by molar-refractivity contribution is -0.156. The number of carbonyl (C=O) groups excluding carboxylic acids is 3. The van der Waals surface area contributed by atoms with E-state index in [9.17, 15) is 14.4 Å². The van der Waals surface area contributed by atoms with Gasteiger partial charge in [0.15, 0.2) is 0 Å². The molecule has 0 saturated carbocycles. The Morgan fingerprint density at radius 1 is 0.767 bits per heavy atom. The van der Waals surface area contributed by atoms with Crippen molar-refractivity contribution in [1.82, 2.24) is 0 Å². The van der Waals surface area contributed by atoms with E-state index in [0.717, 1.165) is 44.9 Å². The summed E-state index contributed by atoms with van der Waals surface area (Å²) < 4.78 is 10.6. The van der Waals surface area contributed by atoms with E-state index in [0.29, 0.717) is 26.1 Å². The monoisotopic (exact) mass is 424 g/mol. The second-order valence-corrected chi connectivity index (χ2v) is 9.06. The van der Waals surface area contributed by atoms with Crippen molar-refractivity contribution in [2.45, 2.75) is 98.8 Å². The van der Waals surface area contributed by atoms with Gasteiger partial charge >= 0.3 is 11.9 Å². The SMILES string of the molecule is CC(=O)CCCCCC/C=C/CCCC(CC(=O)OCC(C)C)C(=O)OCC(C)C. The van der Waals surface area contributed by atoms with Gasteiger partial charge in [-0.3, -0.25) is 9.59 Å². The molecule has 0 aromatic rings. The second kappa shape index (κ2) is 18.1. The summed E-state index contributed by atoms with van der Waals surface area (Å²) in [6, 6.07) is 0. The number of Topliss-reactive ketones (excluding diaryl/α,β-unsaturated/α-hetero) is 1. The Labute approximate surface area is 184 Å². The summed E-state index contributed by atoms with van der Waals surface area (Å²) in [7, 11) is 0. The molecule has 0 aliphatic rings. The lowest BCUT2D eigenvalue weighted by Crippen LogP contribution is -2.24. The quantitative estimate of drug-likeness (QED) is 0.152. The average Bonchev–Trinajstić information content (AvgIpc) is 2.67. The lowest BCUT2D eigenvalue weighted by Gasteiger charge is -2.16. The van der Waals surface area contributed by atoms with Gasteiger partial charge < -0.3 is 14.3 Å². The number of ketones is 1. The molecule has 0 bridgehead atoms. The molecule has 5 heteroatoms. The molecule has 0 fully saturated rings. The van der Waals surface area contributed by atoms with Crippen molar-refractivity contribution in [1.29, 1.82) is 0 Å². The minimum absolute atomic E-state index is 0.0909. The van der Waals surface area contributed by atoms with E-state index < -0.39 is 5.92 Å². The molecular weight excluding hydrogens is 380 g/mol. The Balaban J connectivity index is 4.19. The molecule has 0 aliphatic heterocycles. The first-order valence-electron chi connectivity index (χ1n) is 11.7. The minimum Gasteiger partial charge on any atom is -0.465 e. The molecule has 0 N–H and O–H groups in total. The predicted octanol–water partition coefficient (Wildman–Crippen LogP) is 6.05. The van der Waals surface area contributed by atoms with Crippen LogP contribution in [0.15, 0.2) is 12.2 Å². The number of ether oxygens (including phenoxy) is 2. The molecule has 30 heavy (non-hydrogen) atoms. The topological polar surface area (TPSA) is 69.7 Å². The molecule has 1 atom stereocenters. The third kappa shape index (κ3) is 18.4. The number of hydrogen-bond donors (Lipinski definition) is 0. The third-order valence-corrected chi connectivity index (χ3v) is 4.62. The van der Waals surface area contributed by atoms with Crippen LogP contribution in [-0.4, -0.2) is 30.9 Å². The Hall–Kier alpha value is -1.65. The normalized spacial score (nSPS) is 12.5. The number of carbonyl (C=O) groups is 3. The molecule has 0 saturated heterocycles. The Morgan fingerprint density at radius 3 is 1.93 bits per heavy atom. The molecule has 0 aromatic carbocycles. The van der Waals surface area contributed by atoms with Crippen molar-refractivity contribution < 1.29 is 23.9 Å². The van der Waals surface area contributed by atoms with Gasteiger partial charge in [-0.2, -0.15) is 0 Å². The summed E-state index contributed by atoms with van der Waals surface area (Å²) in [6.45, 7) is 10.4. The first-order chi connectivity index (χ1) is 14.2. The van der Waals surface area contributed by atoms with Crippen LogP contribution in [0, 0.1) is 17.8 Å². The molecular formula is C25H44O5. The Bertz CT molecular complexity index is 508. The van der Waals surface area contributed by atoms with Gasteiger partial charge in [-0.1, -0.05) is 52.7 Å². The molecule has 0 spiro atoms. The molecule has 0 rings (SSSR count). The van der Waals surface area contributed by atoms with E-state index in [1.807, 2.05) is 27.7 Å². The fourth-order valence-corrected chi connectivity index (χ4v) is 2.90. The van der Waals surface area contributed by atoms with Crippen LogP contribution < -0.4 is 0 Å². The molecule has 1 unspecified atom stereocenters. The number of esters is 2. The highest BCUT2D eigenvalue weighted by atomic mass is 16.5. The summed E-state index contributed by atoms with van der Waals surface area (Å²) in [5, 5.41) is 0. The van der Waals surface area contributed by atoms with Crippen molar-refractivity contribution >= 4 is 17.7 Å². The van der Waals surface area contributed by atoms with E-state index in [1.165, 1.54) is 0 Å². The van der Waals surface area contributed by atoms with Crippen LogP contribution in [0.3, 0.4) is 0 Å². The molecule has 0 aliphatic carbocycles. The van der Waals surface area contributed by atoms with E-state index in [-0.39, 0.29) is 36.0 Å². The maximum absolute atomic E-state index is 12.4. The highest BCUT2D eigenvalue weighted by Gasteiger charge is 2.24. The number of hydrogen-bond acceptors (Lipinski definition) is 5. The summed E-state index contributed by atoms with van der Waals surface area (Å²) in [5.74, 6) is -0.227. The van der Waals surface area contributed by atoms with Gasteiger partial charge in [0.1, 0.15) is 5.78 Å². The van der Waals surface area contributed by atoms with Crippen LogP contribution in [0.25, 0.3) is 0 Å². The molecule has 174 valence electrons. The van der Waals surface area contributed by atoms with Crippen LogP contribution in [0.5, 0.6) is 0 Å². The van der Waals surface area contributed by atoms with Crippen molar-refractivity contribution in [3.63, 3.8) is 0 Å². The van der Waals surface area contributed by atoms with Gasteiger partial charge in [0.25, 0.3) is 0 Å². The summed E-state index contributed by atoms with van der Waals surface area (Å²) in [6.07, 6.45) is 12.9. The van der Waals surface area contributed by atoms with Crippen LogP contribution >= 0.6 is 0 Å². The van der Waals surface area contributed by atoms with Gasteiger partial charge in [0.05, 0.1) is 25.6 Å². The maximum Gasteiger partial charge on any atom is 0.309 e. The molecule has 0 heterocycles.